The van der Waals surface area contributed by atoms with E-state index in [1.165, 1.54) is 48.8 Å². The summed E-state index contributed by atoms with van der Waals surface area (Å²) in [5, 5.41) is 3.61. The summed E-state index contributed by atoms with van der Waals surface area (Å²) >= 11 is 0. The van der Waals surface area contributed by atoms with Gasteiger partial charge in [-0.25, -0.2) is 0 Å². The van der Waals surface area contributed by atoms with Crippen molar-refractivity contribution in [1.29, 1.82) is 0 Å². The van der Waals surface area contributed by atoms with Gasteiger partial charge in [-0.2, -0.15) is 0 Å². The van der Waals surface area contributed by atoms with Gasteiger partial charge in [0.05, 0.1) is 0 Å². The molecule has 0 atom stereocenters. The molecule has 0 aromatic heterocycles. The molecule has 0 unspecified atom stereocenters. The smallest absolute Gasteiger partial charge is 0.0208 e. The van der Waals surface area contributed by atoms with E-state index in [-0.39, 0.29) is 0 Å². The van der Waals surface area contributed by atoms with Gasteiger partial charge in [-0.15, -0.1) is 0 Å². The molecule has 2 aromatic rings. The third-order valence-electron chi connectivity index (χ3n) is 4.92. The summed E-state index contributed by atoms with van der Waals surface area (Å²) in [6.45, 7) is 1.00. The summed E-state index contributed by atoms with van der Waals surface area (Å²) in [6.07, 6.45) is 6.82. The number of benzene rings is 2. The van der Waals surface area contributed by atoms with E-state index < -0.39 is 0 Å². The average molecular weight is 277 g/mol. The average Bonchev–Trinajstić information content (AvgIpc) is 3.29. The maximum absolute atomic E-state index is 3.61. The maximum Gasteiger partial charge on any atom is 0.0208 e. The predicted octanol–water partition coefficient (Wildman–Crippen LogP) is 4.87. The SMILES string of the molecule is c1cc(CNC2CC2)cc(-c2ccccc2C2CCC2)c1. The van der Waals surface area contributed by atoms with Crippen molar-refractivity contribution < 1.29 is 0 Å². The third-order valence-corrected chi connectivity index (χ3v) is 4.92. The summed E-state index contributed by atoms with van der Waals surface area (Å²) < 4.78 is 0. The second kappa shape index (κ2) is 5.65. The Balaban J connectivity index is 1.61. The van der Waals surface area contributed by atoms with Crippen LogP contribution in [0.1, 0.15) is 49.1 Å². The van der Waals surface area contributed by atoms with Gasteiger partial charge in [0.2, 0.25) is 0 Å². The minimum atomic E-state index is 0.774. The molecule has 2 fully saturated rings. The Bertz CT molecular complexity index is 623. The van der Waals surface area contributed by atoms with Crippen molar-refractivity contribution in [2.24, 2.45) is 0 Å². The molecule has 2 saturated carbocycles. The van der Waals surface area contributed by atoms with Crippen LogP contribution >= 0.6 is 0 Å². The summed E-state index contributed by atoms with van der Waals surface area (Å²) in [7, 11) is 0. The van der Waals surface area contributed by atoms with Crippen LogP contribution in [0.25, 0.3) is 11.1 Å². The molecule has 0 spiro atoms. The molecule has 0 bridgehead atoms. The molecule has 0 amide bonds. The Morgan fingerprint density at radius 1 is 0.905 bits per heavy atom. The second-order valence-electron chi connectivity index (χ2n) is 6.57. The highest BCUT2D eigenvalue weighted by Gasteiger charge is 2.22. The molecular formula is C20H23N. The van der Waals surface area contributed by atoms with Crippen LogP contribution in [0.4, 0.5) is 0 Å². The van der Waals surface area contributed by atoms with Gasteiger partial charge in [-0.3, -0.25) is 0 Å². The Morgan fingerprint density at radius 2 is 1.76 bits per heavy atom. The molecule has 1 nitrogen and oxygen atoms in total. The predicted molar refractivity (Wildman–Crippen MR) is 88.3 cm³/mol. The van der Waals surface area contributed by atoms with Gasteiger partial charge in [0, 0.05) is 12.6 Å². The van der Waals surface area contributed by atoms with Gasteiger partial charge < -0.3 is 5.32 Å². The van der Waals surface area contributed by atoms with Gasteiger partial charge in [-0.05, 0) is 59.9 Å². The van der Waals surface area contributed by atoms with E-state index in [2.05, 4.69) is 53.8 Å². The van der Waals surface area contributed by atoms with E-state index in [1.54, 1.807) is 5.56 Å². The molecule has 2 aromatic carbocycles. The summed E-state index contributed by atoms with van der Waals surface area (Å²) in [6, 6.07) is 18.8. The van der Waals surface area contributed by atoms with Gasteiger partial charge in [0.15, 0.2) is 0 Å². The fourth-order valence-corrected chi connectivity index (χ4v) is 3.23. The largest absolute Gasteiger partial charge is 0.310 e. The van der Waals surface area contributed by atoms with Gasteiger partial charge in [-0.1, -0.05) is 48.9 Å². The van der Waals surface area contributed by atoms with E-state index in [9.17, 15) is 0 Å². The normalized spacial score (nSPS) is 18.5. The van der Waals surface area contributed by atoms with Crippen molar-refractivity contribution in [3.8, 4) is 11.1 Å². The van der Waals surface area contributed by atoms with Crippen molar-refractivity contribution >= 4 is 0 Å². The van der Waals surface area contributed by atoms with E-state index in [0.29, 0.717) is 0 Å². The standard InChI is InChI=1S/C20H23N/c1-2-10-20(19(9-1)16-6-4-7-16)17-8-3-5-15(13-17)14-21-18-11-12-18/h1-3,5,8-10,13,16,18,21H,4,6-7,11-12,14H2. The fourth-order valence-electron chi connectivity index (χ4n) is 3.23. The van der Waals surface area contributed by atoms with Crippen molar-refractivity contribution in [2.75, 3.05) is 0 Å². The molecule has 0 heterocycles. The summed E-state index contributed by atoms with van der Waals surface area (Å²) in [4.78, 5) is 0. The summed E-state index contributed by atoms with van der Waals surface area (Å²) in [5.74, 6) is 0.787. The lowest BCUT2D eigenvalue weighted by Gasteiger charge is -2.28. The zero-order valence-corrected chi connectivity index (χ0v) is 12.5. The molecule has 2 aliphatic rings. The first-order valence-electron chi connectivity index (χ1n) is 8.32. The minimum Gasteiger partial charge on any atom is -0.310 e. The molecule has 0 radical (unpaired) electrons. The van der Waals surface area contributed by atoms with Crippen molar-refractivity contribution in [3.63, 3.8) is 0 Å². The Hall–Kier alpha value is -1.60. The van der Waals surface area contributed by atoms with Crippen LogP contribution in [0, 0.1) is 0 Å². The molecule has 2 aliphatic carbocycles. The highest BCUT2D eigenvalue weighted by Crippen LogP contribution is 2.41. The highest BCUT2D eigenvalue weighted by atomic mass is 14.9. The number of hydrogen-bond acceptors (Lipinski definition) is 1. The van der Waals surface area contributed by atoms with Crippen LogP contribution < -0.4 is 5.32 Å². The first kappa shape index (κ1) is 13.1. The lowest BCUT2D eigenvalue weighted by molar-refractivity contribution is 0.420. The Morgan fingerprint density at radius 3 is 2.52 bits per heavy atom. The number of nitrogens with one attached hydrogen (secondary N) is 1. The van der Waals surface area contributed by atoms with E-state index >= 15 is 0 Å². The van der Waals surface area contributed by atoms with Gasteiger partial charge in [0.25, 0.3) is 0 Å². The van der Waals surface area contributed by atoms with E-state index in [4.69, 9.17) is 0 Å². The van der Waals surface area contributed by atoms with E-state index in [1.807, 2.05) is 0 Å². The molecular weight excluding hydrogens is 254 g/mol. The van der Waals surface area contributed by atoms with Crippen molar-refractivity contribution in [2.45, 2.75) is 50.6 Å². The number of hydrogen-bond donors (Lipinski definition) is 1. The lowest BCUT2D eigenvalue weighted by Crippen LogP contribution is -2.15. The van der Waals surface area contributed by atoms with Crippen LogP contribution in [-0.4, -0.2) is 6.04 Å². The first-order chi connectivity index (χ1) is 10.4. The molecule has 0 saturated heterocycles. The van der Waals surface area contributed by atoms with Crippen LogP contribution in [-0.2, 0) is 6.54 Å². The maximum atomic E-state index is 3.61. The monoisotopic (exact) mass is 277 g/mol. The van der Waals surface area contributed by atoms with Gasteiger partial charge >= 0.3 is 0 Å². The zero-order chi connectivity index (χ0) is 14.1. The molecule has 4 rings (SSSR count). The Labute approximate surface area is 127 Å². The van der Waals surface area contributed by atoms with Crippen molar-refractivity contribution in [3.05, 3.63) is 59.7 Å². The van der Waals surface area contributed by atoms with Crippen LogP contribution in [0.2, 0.25) is 0 Å². The fraction of sp³-hybridized carbons (Fsp3) is 0.400. The van der Waals surface area contributed by atoms with Crippen LogP contribution in [0.5, 0.6) is 0 Å². The molecule has 1 N–H and O–H groups in total. The lowest BCUT2D eigenvalue weighted by atomic mass is 9.77. The number of rotatable bonds is 5. The second-order valence-corrected chi connectivity index (χ2v) is 6.57. The first-order valence-corrected chi connectivity index (χ1v) is 8.32. The Kier molecular flexibility index (Phi) is 3.52. The van der Waals surface area contributed by atoms with E-state index in [0.717, 1.165) is 18.5 Å². The van der Waals surface area contributed by atoms with Crippen LogP contribution in [0.3, 0.4) is 0 Å². The highest BCUT2D eigenvalue weighted by molar-refractivity contribution is 5.69. The molecule has 0 aliphatic heterocycles. The molecule has 21 heavy (non-hydrogen) atoms. The van der Waals surface area contributed by atoms with Gasteiger partial charge in [0.1, 0.15) is 0 Å². The summed E-state index contributed by atoms with van der Waals surface area (Å²) in [5.41, 5.74) is 5.78. The third kappa shape index (κ3) is 2.89. The zero-order valence-electron chi connectivity index (χ0n) is 12.5. The topological polar surface area (TPSA) is 12.0 Å². The van der Waals surface area contributed by atoms with Crippen molar-refractivity contribution in [1.82, 2.24) is 5.32 Å². The van der Waals surface area contributed by atoms with Crippen LogP contribution in [0.15, 0.2) is 48.5 Å². The molecule has 108 valence electrons. The molecule has 1 heteroatoms. The minimum absolute atomic E-state index is 0.774. The quantitative estimate of drug-likeness (QED) is 0.822.